The summed E-state index contributed by atoms with van der Waals surface area (Å²) in [5.74, 6) is -1.60. The largest absolute Gasteiger partial charge is 0.328 e. The SMILES string of the molecule is O=C(Nc1c[nH]c(=O)[nH]c1=O)c1c[nH]c(=O)n(Cc2ccccc2F)c1=O. The number of aromatic amines is 3. The maximum Gasteiger partial charge on any atom is 0.328 e. The lowest BCUT2D eigenvalue weighted by atomic mass is 10.2. The van der Waals surface area contributed by atoms with Crippen molar-refractivity contribution in [2.45, 2.75) is 6.54 Å². The molecule has 0 aliphatic rings. The molecule has 1 amide bonds. The minimum atomic E-state index is -0.990. The van der Waals surface area contributed by atoms with Gasteiger partial charge in [0.25, 0.3) is 17.0 Å². The average Bonchev–Trinajstić information content (AvgIpc) is 2.62. The predicted molar refractivity (Wildman–Crippen MR) is 92.5 cm³/mol. The fourth-order valence-corrected chi connectivity index (χ4v) is 2.31. The lowest BCUT2D eigenvalue weighted by Crippen LogP contribution is -2.40. The molecule has 4 N–H and O–H groups in total. The topological polar surface area (TPSA) is 150 Å². The van der Waals surface area contributed by atoms with Crippen LogP contribution >= 0.6 is 0 Å². The Bertz CT molecular complexity index is 1250. The maximum atomic E-state index is 13.8. The standard InChI is InChI=1S/C16H12FN5O5/c17-10-4-2-1-3-8(10)7-22-14(25)9(5-19-16(22)27)12(23)20-11-6-18-15(26)21-13(11)24/h1-6H,7H2,(H,19,27)(H,20,23)(H2,18,21,24,26). The van der Waals surface area contributed by atoms with Gasteiger partial charge in [-0.2, -0.15) is 0 Å². The molecule has 11 heteroatoms. The first-order chi connectivity index (χ1) is 12.9. The van der Waals surface area contributed by atoms with Gasteiger partial charge in [0.1, 0.15) is 17.1 Å². The van der Waals surface area contributed by atoms with Crippen molar-refractivity contribution < 1.29 is 9.18 Å². The Labute approximate surface area is 148 Å². The molecule has 1 aromatic carbocycles. The minimum Gasteiger partial charge on any atom is -0.316 e. The summed E-state index contributed by atoms with van der Waals surface area (Å²) in [4.78, 5) is 65.6. The second kappa shape index (κ2) is 7.07. The number of carbonyl (C=O) groups is 1. The molecule has 0 atom stereocenters. The van der Waals surface area contributed by atoms with E-state index in [0.717, 1.165) is 12.4 Å². The summed E-state index contributed by atoms with van der Waals surface area (Å²) in [5.41, 5.74) is -4.14. The Hall–Kier alpha value is -4.02. The maximum absolute atomic E-state index is 13.8. The Kier molecular flexibility index (Phi) is 4.66. The molecule has 0 aliphatic heterocycles. The van der Waals surface area contributed by atoms with Crippen molar-refractivity contribution in [3.63, 3.8) is 0 Å². The molecule has 138 valence electrons. The number of rotatable bonds is 4. The summed E-state index contributed by atoms with van der Waals surface area (Å²) in [6.07, 6.45) is 1.85. The molecule has 0 unspecified atom stereocenters. The second-order valence-electron chi connectivity index (χ2n) is 5.43. The molecule has 3 rings (SSSR count). The highest BCUT2D eigenvalue weighted by Gasteiger charge is 2.17. The molecule has 0 saturated heterocycles. The van der Waals surface area contributed by atoms with E-state index in [1.165, 1.54) is 24.3 Å². The number of H-pyrrole nitrogens is 3. The van der Waals surface area contributed by atoms with Crippen LogP contribution in [-0.2, 0) is 6.54 Å². The number of amides is 1. The number of hydrogen-bond donors (Lipinski definition) is 4. The van der Waals surface area contributed by atoms with Gasteiger partial charge in [-0.25, -0.2) is 14.0 Å². The van der Waals surface area contributed by atoms with Crippen molar-refractivity contribution in [2.75, 3.05) is 5.32 Å². The zero-order valence-corrected chi connectivity index (χ0v) is 13.5. The molecule has 0 aliphatic carbocycles. The van der Waals surface area contributed by atoms with E-state index in [2.05, 4.69) is 15.3 Å². The van der Waals surface area contributed by atoms with Crippen LogP contribution in [0.15, 0.2) is 55.8 Å². The number of benzene rings is 1. The molecular weight excluding hydrogens is 361 g/mol. The summed E-state index contributed by atoms with van der Waals surface area (Å²) < 4.78 is 14.4. The lowest BCUT2D eigenvalue weighted by molar-refractivity contribution is 0.102. The first-order valence-corrected chi connectivity index (χ1v) is 7.56. The quantitative estimate of drug-likeness (QED) is 0.479. The predicted octanol–water partition coefficient (Wildman–Crippen LogP) is -0.647. The highest BCUT2D eigenvalue weighted by Crippen LogP contribution is 2.06. The Morgan fingerprint density at radius 2 is 1.81 bits per heavy atom. The molecule has 0 saturated carbocycles. The van der Waals surface area contributed by atoms with E-state index < -0.39 is 39.8 Å². The van der Waals surface area contributed by atoms with Crippen LogP contribution in [0.3, 0.4) is 0 Å². The van der Waals surface area contributed by atoms with Crippen LogP contribution < -0.4 is 27.8 Å². The Balaban J connectivity index is 1.97. The van der Waals surface area contributed by atoms with Crippen molar-refractivity contribution in [3.8, 4) is 0 Å². The average molecular weight is 373 g/mol. The van der Waals surface area contributed by atoms with Crippen LogP contribution in [0.1, 0.15) is 15.9 Å². The van der Waals surface area contributed by atoms with Gasteiger partial charge in [-0.05, 0) is 6.07 Å². The van der Waals surface area contributed by atoms with Crippen molar-refractivity contribution in [2.24, 2.45) is 0 Å². The number of carbonyl (C=O) groups excluding carboxylic acids is 1. The molecule has 3 aromatic rings. The number of nitrogens with zero attached hydrogens (tertiary/aromatic N) is 1. The van der Waals surface area contributed by atoms with Gasteiger partial charge >= 0.3 is 11.4 Å². The molecule has 0 bridgehead atoms. The number of nitrogens with one attached hydrogen (secondary N) is 4. The van der Waals surface area contributed by atoms with E-state index in [1.54, 1.807) is 0 Å². The third kappa shape index (κ3) is 3.66. The molecular formula is C16H12FN5O5. The smallest absolute Gasteiger partial charge is 0.316 e. The number of aromatic nitrogens is 4. The zero-order chi connectivity index (χ0) is 19.6. The Morgan fingerprint density at radius 3 is 2.52 bits per heavy atom. The van der Waals surface area contributed by atoms with E-state index in [1.807, 2.05) is 4.98 Å². The van der Waals surface area contributed by atoms with Gasteiger partial charge in [0.2, 0.25) is 0 Å². The monoisotopic (exact) mass is 373 g/mol. The van der Waals surface area contributed by atoms with Crippen molar-refractivity contribution >= 4 is 11.6 Å². The molecule has 10 nitrogen and oxygen atoms in total. The number of halogens is 1. The molecule has 0 radical (unpaired) electrons. The molecule has 0 spiro atoms. The zero-order valence-electron chi connectivity index (χ0n) is 13.5. The molecule has 0 fully saturated rings. The first-order valence-electron chi connectivity index (χ1n) is 7.56. The molecule has 2 heterocycles. The summed E-state index contributed by atoms with van der Waals surface area (Å²) in [7, 11) is 0. The number of anilines is 1. The fourth-order valence-electron chi connectivity index (χ4n) is 2.31. The highest BCUT2D eigenvalue weighted by molar-refractivity contribution is 6.03. The summed E-state index contributed by atoms with van der Waals surface area (Å²) in [6.45, 7) is -0.388. The third-order valence-electron chi connectivity index (χ3n) is 3.66. The van der Waals surface area contributed by atoms with Gasteiger partial charge in [0.15, 0.2) is 0 Å². The van der Waals surface area contributed by atoms with Crippen molar-refractivity contribution in [1.29, 1.82) is 0 Å². The summed E-state index contributed by atoms with van der Waals surface area (Å²) in [5, 5.41) is 2.15. The van der Waals surface area contributed by atoms with Gasteiger partial charge in [-0.15, -0.1) is 0 Å². The fraction of sp³-hybridized carbons (Fsp3) is 0.0625. The first kappa shape index (κ1) is 17.8. The van der Waals surface area contributed by atoms with Crippen LogP contribution in [-0.4, -0.2) is 25.4 Å². The van der Waals surface area contributed by atoms with Crippen LogP contribution in [0, 0.1) is 5.82 Å². The molecule has 2 aromatic heterocycles. The van der Waals surface area contributed by atoms with E-state index in [-0.39, 0.29) is 17.8 Å². The van der Waals surface area contributed by atoms with Crippen LogP contribution in [0.5, 0.6) is 0 Å². The van der Waals surface area contributed by atoms with E-state index >= 15 is 0 Å². The van der Waals surface area contributed by atoms with Crippen molar-refractivity contribution in [3.05, 3.63) is 95.3 Å². The van der Waals surface area contributed by atoms with Gasteiger partial charge in [0.05, 0.1) is 6.54 Å². The van der Waals surface area contributed by atoms with Gasteiger partial charge in [-0.1, -0.05) is 18.2 Å². The van der Waals surface area contributed by atoms with Gasteiger partial charge in [-0.3, -0.25) is 23.9 Å². The highest BCUT2D eigenvalue weighted by atomic mass is 19.1. The lowest BCUT2D eigenvalue weighted by Gasteiger charge is -2.08. The third-order valence-corrected chi connectivity index (χ3v) is 3.66. The summed E-state index contributed by atoms with van der Waals surface area (Å²) in [6, 6.07) is 5.56. The molecule has 27 heavy (non-hydrogen) atoms. The van der Waals surface area contributed by atoms with Crippen LogP contribution in [0.2, 0.25) is 0 Å². The van der Waals surface area contributed by atoms with Crippen molar-refractivity contribution in [1.82, 2.24) is 19.5 Å². The summed E-state index contributed by atoms with van der Waals surface area (Å²) >= 11 is 0. The van der Waals surface area contributed by atoms with Gasteiger partial charge in [0, 0.05) is 18.0 Å². The van der Waals surface area contributed by atoms with Gasteiger partial charge < -0.3 is 15.3 Å². The minimum absolute atomic E-state index is 0.0831. The van der Waals surface area contributed by atoms with E-state index in [0.29, 0.717) is 4.57 Å². The second-order valence-corrected chi connectivity index (χ2v) is 5.43. The van der Waals surface area contributed by atoms with E-state index in [9.17, 15) is 28.4 Å². The van der Waals surface area contributed by atoms with Crippen LogP contribution in [0.25, 0.3) is 0 Å². The number of hydrogen-bond acceptors (Lipinski definition) is 5. The Morgan fingerprint density at radius 1 is 1.07 bits per heavy atom. The normalized spacial score (nSPS) is 10.6. The van der Waals surface area contributed by atoms with E-state index in [4.69, 9.17) is 0 Å². The van der Waals surface area contributed by atoms with Crippen LogP contribution in [0.4, 0.5) is 10.1 Å².